The molecule has 0 saturated carbocycles. The third kappa shape index (κ3) is 2.77. The number of nitrogens with one attached hydrogen (secondary N) is 1. The monoisotopic (exact) mass is 235 g/mol. The van der Waals surface area contributed by atoms with E-state index in [0.717, 1.165) is 24.9 Å². The van der Waals surface area contributed by atoms with E-state index in [1.54, 1.807) is 12.1 Å². The highest BCUT2D eigenvalue weighted by Gasteiger charge is 2.17. The number of aromatic hydroxyl groups is 1. The van der Waals surface area contributed by atoms with E-state index in [1.165, 1.54) is 13.5 Å². The lowest BCUT2D eigenvalue weighted by Crippen LogP contribution is -2.23. The summed E-state index contributed by atoms with van der Waals surface area (Å²) in [6.07, 6.45) is 3.24. The van der Waals surface area contributed by atoms with Gasteiger partial charge in [-0.15, -0.1) is 0 Å². The van der Waals surface area contributed by atoms with Gasteiger partial charge < -0.3 is 15.2 Å². The van der Waals surface area contributed by atoms with E-state index in [2.05, 4.69) is 10.1 Å². The SMILES string of the molecule is COC(=O)c1cc(CC2CCCN2)ccc1O. The molecule has 1 saturated heterocycles. The Bertz CT molecular complexity index is 411. The Kier molecular flexibility index (Phi) is 3.64. The fourth-order valence-corrected chi connectivity index (χ4v) is 2.20. The highest BCUT2D eigenvalue weighted by atomic mass is 16.5. The fraction of sp³-hybridized carbons (Fsp3) is 0.462. The Hall–Kier alpha value is -1.55. The summed E-state index contributed by atoms with van der Waals surface area (Å²) in [5, 5.41) is 13.0. The largest absolute Gasteiger partial charge is 0.507 e. The average molecular weight is 235 g/mol. The number of phenolic OH excluding ortho intramolecular Hbond substituents is 1. The Labute approximate surface area is 101 Å². The van der Waals surface area contributed by atoms with Gasteiger partial charge in [-0.25, -0.2) is 4.79 Å². The van der Waals surface area contributed by atoms with Gasteiger partial charge in [-0.3, -0.25) is 0 Å². The lowest BCUT2D eigenvalue weighted by atomic mass is 10.0. The van der Waals surface area contributed by atoms with Crippen molar-refractivity contribution < 1.29 is 14.6 Å². The number of esters is 1. The Morgan fingerprint density at radius 2 is 2.41 bits per heavy atom. The minimum atomic E-state index is -0.497. The third-order valence-corrected chi connectivity index (χ3v) is 3.11. The molecule has 1 unspecified atom stereocenters. The van der Waals surface area contributed by atoms with Gasteiger partial charge in [0.25, 0.3) is 0 Å². The van der Waals surface area contributed by atoms with Crippen LogP contribution in [0.2, 0.25) is 0 Å². The molecule has 1 aliphatic rings. The predicted octanol–water partition coefficient (Wildman–Crippen LogP) is 1.47. The van der Waals surface area contributed by atoms with Crippen LogP contribution in [0.25, 0.3) is 0 Å². The molecule has 0 radical (unpaired) electrons. The summed E-state index contributed by atoms with van der Waals surface area (Å²) >= 11 is 0. The summed E-state index contributed by atoms with van der Waals surface area (Å²) in [6, 6.07) is 5.59. The van der Waals surface area contributed by atoms with E-state index < -0.39 is 5.97 Å². The molecule has 92 valence electrons. The lowest BCUT2D eigenvalue weighted by Gasteiger charge is -2.11. The first-order valence-electron chi connectivity index (χ1n) is 5.84. The summed E-state index contributed by atoms with van der Waals surface area (Å²) in [6.45, 7) is 1.06. The number of ether oxygens (including phenoxy) is 1. The van der Waals surface area contributed by atoms with E-state index in [9.17, 15) is 9.90 Å². The van der Waals surface area contributed by atoms with Crippen molar-refractivity contribution in [1.29, 1.82) is 0 Å². The molecule has 0 aliphatic carbocycles. The van der Waals surface area contributed by atoms with Gasteiger partial charge in [-0.2, -0.15) is 0 Å². The zero-order valence-corrected chi connectivity index (χ0v) is 9.90. The zero-order chi connectivity index (χ0) is 12.3. The highest BCUT2D eigenvalue weighted by Crippen LogP contribution is 2.21. The summed E-state index contributed by atoms with van der Waals surface area (Å²) in [5.74, 6) is -0.524. The first-order chi connectivity index (χ1) is 8.20. The lowest BCUT2D eigenvalue weighted by molar-refractivity contribution is 0.0597. The number of hydrogen-bond acceptors (Lipinski definition) is 4. The number of carbonyl (C=O) groups excluding carboxylic acids is 1. The van der Waals surface area contributed by atoms with E-state index in [-0.39, 0.29) is 11.3 Å². The van der Waals surface area contributed by atoms with E-state index >= 15 is 0 Å². The molecule has 4 heteroatoms. The van der Waals surface area contributed by atoms with Gasteiger partial charge in [0, 0.05) is 6.04 Å². The van der Waals surface area contributed by atoms with Crippen LogP contribution in [0.4, 0.5) is 0 Å². The number of carbonyl (C=O) groups is 1. The van der Waals surface area contributed by atoms with E-state index in [0.29, 0.717) is 6.04 Å². The smallest absolute Gasteiger partial charge is 0.341 e. The molecule has 0 spiro atoms. The van der Waals surface area contributed by atoms with Gasteiger partial charge in [0.1, 0.15) is 11.3 Å². The molecule has 0 aromatic heterocycles. The quantitative estimate of drug-likeness (QED) is 0.779. The molecule has 1 aliphatic heterocycles. The van der Waals surface area contributed by atoms with Crippen LogP contribution >= 0.6 is 0 Å². The molecule has 2 N–H and O–H groups in total. The van der Waals surface area contributed by atoms with Gasteiger partial charge in [0.05, 0.1) is 7.11 Å². The van der Waals surface area contributed by atoms with Crippen molar-refractivity contribution in [3.05, 3.63) is 29.3 Å². The van der Waals surface area contributed by atoms with Gasteiger partial charge in [0.2, 0.25) is 0 Å². The minimum absolute atomic E-state index is 0.0278. The second-order valence-corrected chi connectivity index (χ2v) is 4.34. The second-order valence-electron chi connectivity index (χ2n) is 4.34. The van der Waals surface area contributed by atoms with E-state index in [1.807, 2.05) is 6.07 Å². The first-order valence-corrected chi connectivity index (χ1v) is 5.84. The first kappa shape index (κ1) is 11.9. The van der Waals surface area contributed by atoms with Crippen molar-refractivity contribution in [3.8, 4) is 5.75 Å². The van der Waals surface area contributed by atoms with Crippen molar-refractivity contribution >= 4 is 5.97 Å². The Morgan fingerprint density at radius 3 is 3.06 bits per heavy atom. The van der Waals surface area contributed by atoms with Crippen molar-refractivity contribution in [2.45, 2.75) is 25.3 Å². The summed E-state index contributed by atoms with van der Waals surface area (Å²) in [5.41, 5.74) is 1.28. The second kappa shape index (κ2) is 5.19. The number of hydrogen-bond donors (Lipinski definition) is 2. The molecule has 1 heterocycles. The molecule has 0 amide bonds. The van der Waals surface area contributed by atoms with Crippen LogP contribution in [-0.2, 0) is 11.2 Å². The summed E-state index contributed by atoms with van der Waals surface area (Å²) in [4.78, 5) is 11.4. The Balaban J connectivity index is 2.15. The molecular formula is C13H17NO3. The third-order valence-electron chi connectivity index (χ3n) is 3.11. The maximum atomic E-state index is 11.4. The molecular weight excluding hydrogens is 218 g/mol. The van der Waals surface area contributed by atoms with Gasteiger partial charge in [-0.1, -0.05) is 6.07 Å². The zero-order valence-electron chi connectivity index (χ0n) is 9.90. The van der Waals surface area contributed by atoms with Crippen LogP contribution in [-0.4, -0.2) is 30.8 Å². The van der Waals surface area contributed by atoms with Crippen molar-refractivity contribution in [2.75, 3.05) is 13.7 Å². The Morgan fingerprint density at radius 1 is 1.59 bits per heavy atom. The molecule has 1 aromatic rings. The van der Waals surface area contributed by atoms with Gasteiger partial charge in [0.15, 0.2) is 0 Å². The molecule has 1 fully saturated rings. The van der Waals surface area contributed by atoms with Gasteiger partial charge >= 0.3 is 5.97 Å². The molecule has 1 atom stereocenters. The van der Waals surface area contributed by atoms with Crippen LogP contribution in [0.5, 0.6) is 5.75 Å². The summed E-state index contributed by atoms with van der Waals surface area (Å²) < 4.78 is 4.63. The predicted molar refractivity (Wildman–Crippen MR) is 64.2 cm³/mol. The van der Waals surface area contributed by atoms with Crippen LogP contribution in [0.1, 0.15) is 28.8 Å². The van der Waals surface area contributed by atoms with Gasteiger partial charge in [-0.05, 0) is 43.5 Å². The fourth-order valence-electron chi connectivity index (χ4n) is 2.20. The van der Waals surface area contributed by atoms with Crippen LogP contribution in [0, 0.1) is 0 Å². The molecule has 2 rings (SSSR count). The highest BCUT2D eigenvalue weighted by molar-refractivity contribution is 5.92. The molecule has 0 bridgehead atoms. The number of phenols is 1. The molecule has 17 heavy (non-hydrogen) atoms. The standard InChI is InChI=1S/C13H17NO3/c1-17-13(16)11-8-9(4-5-12(11)15)7-10-3-2-6-14-10/h4-5,8,10,14-15H,2-3,6-7H2,1H3. The molecule has 1 aromatic carbocycles. The van der Waals surface area contributed by atoms with Crippen LogP contribution in [0.3, 0.4) is 0 Å². The number of rotatable bonds is 3. The van der Waals surface area contributed by atoms with Crippen LogP contribution < -0.4 is 5.32 Å². The van der Waals surface area contributed by atoms with Crippen molar-refractivity contribution in [2.24, 2.45) is 0 Å². The number of methoxy groups -OCH3 is 1. The van der Waals surface area contributed by atoms with Crippen molar-refractivity contribution in [3.63, 3.8) is 0 Å². The van der Waals surface area contributed by atoms with E-state index in [4.69, 9.17) is 0 Å². The molecule has 4 nitrogen and oxygen atoms in total. The average Bonchev–Trinajstić information content (AvgIpc) is 2.83. The number of benzene rings is 1. The maximum Gasteiger partial charge on any atom is 0.341 e. The van der Waals surface area contributed by atoms with Crippen molar-refractivity contribution in [1.82, 2.24) is 5.32 Å². The minimum Gasteiger partial charge on any atom is -0.507 e. The maximum absolute atomic E-state index is 11.4. The normalized spacial score (nSPS) is 19.2. The summed E-state index contributed by atoms with van der Waals surface area (Å²) in [7, 11) is 1.31. The topological polar surface area (TPSA) is 58.6 Å². The van der Waals surface area contributed by atoms with Crippen LogP contribution in [0.15, 0.2) is 18.2 Å².